The summed E-state index contributed by atoms with van der Waals surface area (Å²) in [5.74, 6) is 0.0161. The molecule has 1 unspecified atom stereocenters. The number of nitrogens with two attached hydrogens (primary N) is 1. The van der Waals surface area contributed by atoms with Crippen LogP contribution < -0.4 is 5.73 Å². The molecule has 2 N–H and O–H groups in total. The molecule has 0 spiro atoms. The van der Waals surface area contributed by atoms with Crippen molar-refractivity contribution in [2.24, 2.45) is 5.73 Å². The lowest BCUT2D eigenvalue weighted by molar-refractivity contribution is 0.0741. The molecule has 4 heteroatoms. The maximum absolute atomic E-state index is 12.2. The van der Waals surface area contributed by atoms with E-state index in [1.807, 2.05) is 11.0 Å². The molecule has 0 saturated carbocycles. The van der Waals surface area contributed by atoms with Crippen LogP contribution in [0.2, 0.25) is 0 Å². The highest BCUT2D eigenvalue weighted by molar-refractivity contribution is 5.94. The van der Waals surface area contributed by atoms with Gasteiger partial charge in [0.1, 0.15) is 0 Å². The number of rotatable bonds is 2. The molecule has 1 saturated heterocycles. The number of likely N-dealkylation sites (tertiary alicyclic amines) is 1. The number of amides is 1. The number of carbonyl (C=O) groups excluding carboxylic acids is 1. The maximum atomic E-state index is 12.2. The molecule has 1 aliphatic rings. The molecule has 1 amide bonds. The molecule has 1 heterocycles. The Balaban J connectivity index is 2.16. The third-order valence-corrected chi connectivity index (χ3v) is 3.17. The van der Waals surface area contributed by atoms with Gasteiger partial charge in [0.05, 0.1) is 11.6 Å². The highest BCUT2D eigenvalue weighted by Crippen LogP contribution is 2.19. The zero-order chi connectivity index (χ0) is 12.3. The Morgan fingerprint density at radius 3 is 2.76 bits per heavy atom. The largest absolute Gasteiger partial charge is 0.334 e. The standard InChI is InChI=1S/C13H15N3O/c14-8-10-3-5-11(6-4-10)13(17)16-7-1-2-12(16)9-15/h3-6,12H,1-2,7,9,15H2. The van der Waals surface area contributed by atoms with Gasteiger partial charge in [0.15, 0.2) is 0 Å². The molecule has 1 aromatic rings. The van der Waals surface area contributed by atoms with Crippen LogP contribution in [0.4, 0.5) is 0 Å². The highest BCUT2D eigenvalue weighted by atomic mass is 16.2. The number of nitrogens with zero attached hydrogens (tertiary/aromatic N) is 2. The van der Waals surface area contributed by atoms with Crippen molar-refractivity contribution in [1.82, 2.24) is 4.90 Å². The second-order valence-electron chi connectivity index (χ2n) is 4.22. The van der Waals surface area contributed by atoms with Crippen LogP contribution in [-0.2, 0) is 0 Å². The van der Waals surface area contributed by atoms with Crippen LogP contribution in [0.5, 0.6) is 0 Å². The van der Waals surface area contributed by atoms with E-state index in [9.17, 15) is 4.79 Å². The van der Waals surface area contributed by atoms with E-state index in [1.54, 1.807) is 24.3 Å². The van der Waals surface area contributed by atoms with Crippen molar-refractivity contribution in [3.05, 3.63) is 35.4 Å². The van der Waals surface area contributed by atoms with E-state index in [0.717, 1.165) is 19.4 Å². The van der Waals surface area contributed by atoms with Gasteiger partial charge in [-0.25, -0.2) is 0 Å². The molecule has 17 heavy (non-hydrogen) atoms. The molecule has 2 rings (SSSR count). The van der Waals surface area contributed by atoms with Gasteiger partial charge < -0.3 is 10.6 Å². The number of benzene rings is 1. The normalized spacial score (nSPS) is 19.1. The average molecular weight is 229 g/mol. The summed E-state index contributed by atoms with van der Waals surface area (Å²) in [7, 11) is 0. The monoisotopic (exact) mass is 229 g/mol. The summed E-state index contributed by atoms with van der Waals surface area (Å²) in [5.41, 5.74) is 6.85. The molecule has 1 aromatic carbocycles. The molecular weight excluding hydrogens is 214 g/mol. The van der Waals surface area contributed by atoms with E-state index >= 15 is 0 Å². The van der Waals surface area contributed by atoms with Crippen molar-refractivity contribution in [2.45, 2.75) is 18.9 Å². The van der Waals surface area contributed by atoms with Crippen molar-refractivity contribution in [2.75, 3.05) is 13.1 Å². The second kappa shape index (κ2) is 4.98. The van der Waals surface area contributed by atoms with Crippen molar-refractivity contribution in [1.29, 1.82) is 5.26 Å². The van der Waals surface area contributed by atoms with Gasteiger partial charge >= 0.3 is 0 Å². The maximum Gasteiger partial charge on any atom is 0.254 e. The van der Waals surface area contributed by atoms with Gasteiger partial charge in [0.2, 0.25) is 0 Å². The van der Waals surface area contributed by atoms with Crippen LogP contribution in [0.15, 0.2) is 24.3 Å². The zero-order valence-corrected chi connectivity index (χ0v) is 9.60. The van der Waals surface area contributed by atoms with Crippen molar-refractivity contribution < 1.29 is 4.79 Å². The minimum Gasteiger partial charge on any atom is -0.334 e. The molecule has 0 bridgehead atoms. The van der Waals surface area contributed by atoms with E-state index in [2.05, 4.69) is 0 Å². The lowest BCUT2D eigenvalue weighted by Crippen LogP contribution is -2.39. The predicted octanol–water partition coefficient (Wildman–Crippen LogP) is 1.12. The molecule has 0 radical (unpaired) electrons. The molecule has 1 aliphatic heterocycles. The third kappa shape index (κ3) is 2.29. The second-order valence-corrected chi connectivity index (χ2v) is 4.22. The van der Waals surface area contributed by atoms with Crippen molar-refractivity contribution in [3.8, 4) is 6.07 Å². The Bertz CT molecular complexity index is 447. The SMILES string of the molecule is N#Cc1ccc(C(=O)N2CCCC2CN)cc1. The quantitative estimate of drug-likeness (QED) is 0.826. The molecule has 4 nitrogen and oxygen atoms in total. The summed E-state index contributed by atoms with van der Waals surface area (Å²) in [6.45, 7) is 1.29. The van der Waals surface area contributed by atoms with E-state index in [1.165, 1.54) is 0 Å². The van der Waals surface area contributed by atoms with Crippen LogP contribution in [-0.4, -0.2) is 29.9 Å². The molecule has 1 atom stereocenters. The van der Waals surface area contributed by atoms with E-state index in [-0.39, 0.29) is 11.9 Å². The molecular formula is C13H15N3O. The first-order chi connectivity index (χ1) is 8.26. The van der Waals surface area contributed by atoms with Gasteiger partial charge in [-0.05, 0) is 37.1 Å². The van der Waals surface area contributed by atoms with Gasteiger partial charge in [-0.2, -0.15) is 5.26 Å². The summed E-state index contributed by atoms with van der Waals surface area (Å²) < 4.78 is 0. The number of hydrogen-bond acceptors (Lipinski definition) is 3. The lowest BCUT2D eigenvalue weighted by Gasteiger charge is -2.23. The highest BCUT2D eigenvalue weighted by Gasteiger charge is 2.28. The summed E-state index contributed by atoms with van der Waals surface area (Å²) in [4.78, 5) is 14.0. The number of nitriles is 1. The first kappa shape index (κ1) is 11.6. The van der Waals surface area contributed by atoms with Crippen LogP contribution in [0.3, 0.4) is 0 Å². The van der Waals surface area contributed by atoms with Crippen LogP contribution in [0.1, 0.15) is 28.8 Å². The Kier molecular flexibility index (Phi) is 3.40. The number of hydrogen-bond donors (Lipinski definition) is 1. The summed E-state index contributed by atoms with van der Waals surface area (Å²) in [5, 5.41) is 8.70. The topological polar surface area (TPSA) is 70.1 Å². The smallest absolute Gasteiger partial charge is 0.254 e. The van der Waals surface area contributed by atoms with E-state index < -0.39 is 0 Å². The Morgan fingerprint density at radius 2 is 2.18 bits per heavy atom. The zero-order valence-electron chi connectivity index (χ0n) is 9.60. The van der Waals surface area contributed by atoms with Crippen LogP contribution in [0, 0.1) is 11.3 Å². The third-order valence-electron chi connectivity index (χ3n) is 3.17. The molecule has 0 aliphatic carbocycles. The Labute approximate surface area is 101 Å². The summed E-state index contributed by atoms with van der Waals surface area (Å²) in [6, 6.07) is 8.94. The van der Waals surface area contributed by atoms with Crippen molar-refractivity contribution >= 4 is 5.91 Å². The fourth-order valence-corrected chi connectivity index (χ4v) is 2.20. The molecule has 0 aromatic heterocycles. The average Bonchev–Trinajstić information content (AvgIpc) is 2.86. The van der Waals surface area contributed by atoms with Gasteiger partial charge in [0.25, 0.3) is 5.91 Å². The van der Waals surface area contributed by atoms with E-state index in [4.69, 9.17) is 11.0 Å². The summed E-state index contributed by atoms with van der Waals surface area (Å²) >= 11 is 0. The molecule has 1 fully saturated rings. The van der Waals surface area contributed by atoms with Crippen LogP contribution >= 0.6 is 0 Å². The molecule has 88 valence electrons. The van der Waals surface area contributed by atoms with Crippen molar-refractivity contribution in [3.63, 3.8) is 0 Å². The minimum atomic E-state index is 0.0161. The Morgan fingerprint density at radius 1 is 1.47 bits per heavy atom. The number of carbonyl (C=O) groups is 1. The van der Waals surface area contributed by atoms with E-state index in [0.29, 0.717) is 17.7 Å². The lowest BCUT2D eigenvalue weighted by atomic mass is 10.1. The summed E-state index contributed by atoms with van der Waals surface area (Å²) in [6.07, 6.45) is 2.00. The first-order valence-electron chi connectivity index (χ1n) is 5.77. The first-order valence-corrected chi connectivity index (χ1v) is 5.77. The van der Waals surface area contributed by atoms with Gasteiger partial charge in [-0.1, -0.05) is 0 Å². The van der Waals surface area contributed by atoms with Crippen LogP contribution in [0.25, 0.3) is 0 Å². The van der Waals surface area contributed by atoms with Gasteiger partial charge in [-0.3, -0.25) is 4.79 Å². The minimum absolute atomic E-state index is 0.0161. The fourth-order valence-electron chi connectivity index (χ4n) is 2.20. The Hall–Kier alpha value is -1.86. The predicted molar refractivity (Wildman–Crippen MR) is 64.3 cm³/mol. The fraction of sp³-hybridized carbons (Fsp3) is 0.385. The van der Waals surface area contributed by atoms with Gasteiger partial charge in [0, 0.05) is 24.7 Å². The van der Waals surface area contributed by atoms with Gasteiger partial charge in [-0.15, -0.1) is 0 Å².